The molecule has 0 aliphatic carbocycles. The second-order valence-electron chi connectivity index (χ2n) is 6.29. The van der Waals surface area contributed by atoms with Crippen molar-refractivity contribution in [1.82, 2.24) is 9.13 Å². The van der Waals surface area contributed by atoms with E-state index < -0.39 is 5.69 Å². The van der Waals surface area contributed by atoms with Gasteiger partial charge in [0.25, 0.3) is 5.56 Å². The van der Waals surface area contributed by atoms with Crippen LogP contribution in [0.25, 0.3) is 0 Å². The summed E-state index contributed by atoms with van der Waals surface area (Å²) >= 11 is 12.3. The Kier molecular flexibility index (Phi) is 6.54. The zero-order valence-corrected chi connectivity index (χ0v) is 16.3. The Morgan fingerprint density at radius 2 is 1.41 bits per heavy atom. The maximum Gasteiger partial charge on any atom is 0.332 e. The van der Waals surface area contributed by atoms with Crippen LogP contribution in [0.5, 0.6) is 0 Å². The molecule has 0 aliphatic rings. The Bertz CT molecular complexity index is 1010. The van der Waals surface area contributed by atoms with Crippen molar-refractivity contribution < 1.29 is 0 Å². The average Bonchev–Trinajstić information content (AvgIpc) is 2.70. The van der Waals surface area contributed by atoms with E-state index in [0.29, 0.717) is 30.8 Å². The quantitative estimate of drug-likeness (QED) is 0.443. The predicted octanol–water partition coefficient (Wildman–Crippen LogP) is 3.93. The summed E-state index contributed by atoms with van der Waals surface area (Å²) in [5.74, 6) is 0.411. The number of hydrogen-bond donors (Lipinski definition) is 0. The number of halogens is 2. The minimum atomic E-state index is -0.407. The van der Waals surface area contributed by atoms with Crippen LogP contribution < -0.4 is 11.2 Å². The molecule has 0 saturated heterocycles. The van der Waals surface area contributed by atoms with E-state index in [9.17, 15) is 9.59 Å². The smallest absolute Gasteiger partial charge is 0.283 e. The lowest BCUT2D eigenvalue weighted by molar-refractivity contribution is 0.565. The SMILES string of the molecule is O=c1c(Cc2ccccc2)c(Cl)n(CCCCl)c(=O)n1Cc1ccccc1. The minimum Gasteiger partial charge on any atom is -0.283 e. The minimum absolute atomic E-state index is 0.197. The van der Waals surface area contributed by atoms with Crippen molar-refractivity contribution in [2.24, 2.45) is 0 Å². The molecule has 0 spiro atoms. The van der Waals surface area contributed by atoms with Gasteiger partial charge in [-0.3, -0.25) is 13.9 Å². The highest BCUT2D eigenvalue weighted by Crippen LogP contribution is 2.16. The van der Waals surface area contributed by atoms with Gasteiger partial charge >= 0.3 is 5.69 Å². The van der Waals surface area contributed by atoms with E-state index >= 15 is 0 Å². The Morgan fingerprint density at radius 1 is 0.815 bits per heavy atom. The van der Waals surface area contributed by atoms with Crippen molar-refractivity contribution in [3.8, 4) is 0 Å². The molecule has 3 rings (SSSR count). The van der Waals surface area contributed by atoms with Gasteiger partial charge in [-0.25, -0.2) is 4.79 Å². The number of nitrogens with zero attached hydrogens (tertiary/aromatic N) is 2. The predicted molar refractivity (Wildman–Crippen MR) is 110 cm³/mol. The second-order valence-corrected chi connectivity index (χ2v) is 7.02. The summed E-state index contributed by atoms with van der Waals surface area (Å²) in [5, 5.41) is 0.197. The Balaban J connectivity index is 2.12. The van der Waals surface area contributed by atoms with Gasteiger partial charge in [0.1, 0.15) is 5.15 Å². The number of aromatic nitrogens is 2. The van der Waals surface area contributed by atoms with Crippen LogP contribution >= 0.6 is 23.2 Å². The van der Waals surface area contributed by atoms with Gasteiger partial charge in [0.2, 0.25) is 0 Å². The lowest BCUT2D eigenvalue weighted by atomic mass is 10.1. The van der Waals surface area contributed by atoms with Crippen LogP contribution in [-0.2, 0) is 19.5 Å². The standard InChI is InChI=1S/C21H20Cl2N2O2/c22-12-7-13-24-19(23)18(14-16-8-3-1-4-9-16)20(26)25(21(24)27)15-17-10-5-2-6-11-17/h1-6,8-11H,7,12-15H2. The monoisotopic (exact) mass is 402 g/mol. The summed E-state index contributed by atoms with van der Waals surface area (Å²) in [7, 11) is 0. The molecule has 0 atom stereocenters. The van der Waals surface area contributed by atoms with Crippen LogP contribution in [0.15, 0.2) is 70.3 Å². The maximum atomic E-state index is 13.1. The van der Waals surface area contributed by atoms with Gasteiger partial charge in [-0.2, -0.15) is 0 Å². The highest BCUT2D eigenvalue weighted by Gasteiger charge is 2.18. The molecule has 0 radical (unpaired) electrons. The van der Waals surface area contributed by atoms with E-state index in [2.05, 4.69) is 0 Å². The Labute approximate surface area is 167 Å². The molecule has 0 amide bonds. The molecule has 3 aromatic rings. The number of hydrogen-bond acceptors (Lipinski definition) is 2. The van der Waals surface area contributed by atoms with Crippen LogP contribution in [0, 0.1) is 0 Å². The van der Waals surface area contributed by atoms with Crippen molar-refractivity contribution >= 4 is 23.2 Å². The molecule has 1 aromatic heterocycles. The number of alkyl halides is 1. The third kappa shape index (κ3) is 4.52. The van der Waals surface area contributed by atoms with E-state index in [1.807, 2.05) is 60.7 Å². The van der Waals surface area contributed by atoms with Crippen molar-refractivity contribution in [3.63, 3.8) is 0 Å². The van der Waals surface area contributed by atoms with Gasteiger partial charge in [0.15, 0.2) is 0 Å². The van der Waals surface area contributed by atoms with Gasteiger partial charge in [0.05, 0.1) is 12.1 Å². The van der Waals surface area contributed by atoms with Crippen molar-refractivity contribution in [1.29, 1.82) is 0 Å². The van der Waals surface area contributed by atoms with E-state index in [-0.39, 0.29) is 17.3 Å². The number of benzene rings is 2. The van der Waals surface area contributed by atoms with Gasteiger partial charge in [0, 0.05) is 18.8 Å². The van der Waals surface area contributed by atoms with Crippen molar-refractivity contribution in [2.75, 3.05) is 5.88 Å². The largest absolute Gasteiger partial charge is 0.332 e. The molecule has 2 aromatic carbocycles. The molecular formula is C21H20Cl2N2O2. The molecule has 4 nitrogen and oxygen atoms in total. The molecule has 0 aliphatic heterocycles. The molecule has 27 heavy (non-hydrogen) atoms. The fraction of sp³-hybridized carbons (Fsp3) is 0.238. The zero-order valence-electron chi connectivity index (χ0n) is 14.8. The normalized spacial score (nSPS) is 10.9. The van der Waals surface area contributed by atoms with Crippen LogP contribution in [0.3, 0.4) is 0 Å². The lowest BCUT2D eigenvalue weighted by Gasteiger charge is -2.16. The Hall–Kier alpha value is -2.30. The summed E-state index contributed by atoms with van der Waals surface area (Å²) < 4.78 is 2.71. The fourth-order valence-electron chi connectivity index (χ4n) is 3.00. The van der Waals surface area contributed by atoms with Crippen LogP contribution in [0.2, 0.25) is 5.15 Å². The first-order chi connectivity index (χ1) is 13.1. The molecule has 0 bridgehead atoms. The molecular weight excluding hydrogens is 383 g/mol. The summed E-state index contributed by atoms with van der Waals surface area (Å²) in [5.41, 5.74) is 1.52. The van der Waals surface area contributed by atoms with Gasteiger partial charge in [-0.05, 0) is 17.5 Å². The second kappa shape index (κ2) is 9.07. The third-order valence-corrected chi connectivity index (χ3v) is 5.07. The molecule has 140 valence electrons. The maximum absolute atomic E-state index is 13.1. The zero-order chi connectivity index (χ0) is 19.2. The van der Waals surface area contributed by atoms with E-state index in [1.165, 1.54) is 9.13 Å². The molecule has 0 fully saturated rings. The summed E-state index contributed by atoms with van der Waals surface area (Å²) in [6.07, 6.45) is 0.962. The summed E-state index contributed by atoms with van der Waals surface area (Å²) in [6, 6.07) is 19.1. The van der Waals surface area contributed by atoms with E-state index in [4.69, 9.17) is 23.2 Å². The van der Waals surface area contributed by atoms with Crippen LogP contribution in [-0.4, -0.2) is 15.0 Å². The van der Waals surface area contributed by atoms with Gasteiger partial charge in [-0.15, -0.1) is 11.6 Å². The van der Waals surface area contributed by atoms with Crippen molar-refractivity contribution in [2.45, 2.75) is 25.9 Å². The first-order valence-corrected chi connectivity index (χ1v) is 9.69. The first-order valence-electron chi connectivity index (χ1n) is 8.77. The van der Waals surface area contributed by atoms with E-state index in [1.54, 1.807) is 0 Å². The van der Waals surface area contributed by atoms with Crippen molar-refractivity contribution in [3.05, 3.63) is 103 Å². The highest BCUT2D eigenvalue weighted by molar-refractivity contribution is 6.30. The number of rotatable bonds is 7. The van der Waals surface area contributed by atoms with E-state index in [0.717, 1.165) is 11.1 Å². The van der Waals surface area contributed by atoms with Gasteiger partial charge < -0.3 is 0 Å². The molecule has 6 heteroatoms. The van der Waals surface area contributed by atoms with Crippen LogP contribution in [0.4, 0.5) is 0 Å². The summed E-state index contributed by atoms with van der Waals surface area (Å²) in [4.78, 5) is 26.0. The molecule has 0 saturated carbocycles. The Morgan fingerprint density at radius 3 is 2.00 bits per heavy atom. The fourth-order valence-corrected chi connectivity index (χ4v) is 3.42. The van der Waals surface area contributed by atoms with Crippen LogP contribution in [0.1, 0.15) is 23.1 Å². The highest BCUT2D eigenvalue weighted by atomic mass is 35.5. The summed E-state index contributed by atoms with van der Waals surface area (Å²) in [6.45, 7) is 0.580. The third-order valence-electron chi connectivity index (χ3n) is 4.37. The molecule has 0 unspecified atom stereocenters. The topological polar surface area (TPSA) is 44.0 Å². The van der Waals surface area contributed by atoms with Gasteiger partial charge in [-0.1, -0.05) is 72.3 Å². The average molecular weight is 403 g/mol. The molecule has 0 N–H and O–H groups in total. The molecule has 1 heterocycles. The lowest BCUT2D eigenvalue weighted by Crippen LogP contribution is -2.42. The first kappa shape index (κ1) is 19.5.